The lowest BCUT2D eigenvalue weighted by atomic mass is 10.1. The average molecular weight is 370 g/mol. The number of nitrogens with two attached hydrogens (primary N) is 1. The summed E-state index contributed by atoms with van der Waals surface area (Å²) in [5.41, 5.74) is 7.29. The Morgan fingerprint density at radius 1 is 1.12 bits per heavy atom. The van der Waals surface area contributed by atoms with Crippen LogP contribution in [0.15, 0.2) is 41.5 Å². The Hall–Kier alpha value is -3.39. The Kier molecular flexibility index (Phi) is 3.45. The van der Waals surface area contributed by atoms with Crippen LogP contribution in [-0.4, -0.2) is 26.2 Å². The zero-order chi connectivity index (χ0) is 18.6. The molecule has 0 atom stereocenters. The van der Waals surface area contributed by atoms with Crippen LogP contribution in [0.5, 0.6) is 0 Å². The minimum atomic E-state index is -0.644. The second-order valence-corrected chi connectivity index (χ2v) is 6.31. The lowest BCUT2D eigenvalue weighted by Crippen LogP contribution is -2.25. The average Bonchev–Trinajstić information content (AvgIpc) is 3.11. The molecule has 0 unspecified atom stereocenters. The number of halogens is 1. The van der Waals surface area contributed by atoms with E-state index in [9.17, 15) is 14.4 Å². The molecule has 0 fully saturated rings. The molecule has 1 aliphatic rings. The second-order valence-electron chi connectivity index (χ2n) is 5.87. The first kappa shape index (κ1) is 16.1. The Balaban J connectivity index is 2.05. The van der Waals surface area contributed by atoms with Gasteiger partial charge in [-0.25, -0.2) is 4.68 Å². The highest BCUT2D eigenvalue weighted by Crippen LogP contribution is 2.28. The van der Waals surface area contributed by atoms with Crippen molar-refractivity contribution in [1.29, 1.82) is 0 Å². The summed E-state index contributed by atoms with van der Waals surface area (Å²) in [6.07, 6.45) is 3.44. The molecule has 0 saturated heterocycles. The van der Waals surface area contributed by atoms with E-state index in [1.807, 2.05) is 6.92 Å². The number of hydrogen-bond donors (Lipinski definition) is 2. The van der Waals surface area contributed by atoms with Crippen LogP contribution in [0.1, 0.15) is 26.3 Å². The Labute approximate surface area is 151 Å². The maximum absolute atomic E-state index is 12.7. The van der Waals surface area contributed by atoms with E-state index >= 15 is 0 Å². The molecule has 2 aromatic heterocycles. The fourth-order valence-corrected chi connectivity index (χ4v) is 3.11. The summed E-state index contributed by atoms with van der Waals surface area (Å²) in [4.78, 5) is 36.5. The van der Waals surface area contributed by atoms with Crippen LogP contribution in [0.4, 0.5) is 5.82 Å². The van der Waals surface area contributed by atoms with Crippen molar-refractivity contribution in [2.75, 3.05) is 5.73 Å². The Bertz CT molecular complexity index is 1160. The molecule has 0 radical (unpaired) electrons. The van der Waals surface area contributed by atoms with Gasteiger partial charge in [0.1, 0.15) is 5.82 Å². The number of anilines is 1. The number of nitrogen functional groups attached to an aromatic ring is 1. The summed E-state index contributed by atoms with van der Waals surface area (Å²) >= 11 is 6.11. The van der Waals surface area contributed by atoms with Crippen molar-refractivity contribution in [2.24, 2.45) is 0 Å². The maximum atomic E-state index is 12.7. The van der Waals surface area contributed by atoms with E-state index in [4.69, 9.17) is 17.3 Å². The second kappa shape index (κ2) is 5.57. The Morgan fingerprint density at radius 2 is 1.88 bits per heavy atom. The molecular weight excluding hydrogens is 358 g/mol. The lowest BCUT2D eigenvalue weighted by Gasteiger charge is -2.16. The third-order valence-electron chi connectivity index (χ3n) is 4.09. The Morgan fingerprint density at radius 3 is 2.58 bits per heavy atom. The third kappa shape index (κ3) is 2.31. The van der Waals surface area contributed by atoms with Crippen LogP contribution in [0.25, 0.3) is 11.4 Å². The molecule has 0 saturated carbocycles. The zero-order valence-electron chi connectivity index (χ0n) is 13.5. The van der Waals surface area contributed by atoms with Gasteiger partial charge in [0, 0.05) is 17.3 Å². The van der Waals surface area contributed by atoms with Crippen LogP contribution < -0.4 is 16.6 Å². The number of benzene rings is 1. The van der Waals surface area contributed by atoms with Crippen molar-refractivity contribution in [3.05, 3.63) is 68.7 Å². The molecule has 1 aliphatic heterocycles. The fraction of sp³-hybridized carbons (Fsp3) is 0.0588. The number of carbonyl (C=O) groups is 2. The number of aryl methyl sites for hydroxylation is 1. The van der Waals surface area contributed by atoms with Crippen LogP contribution in [0.2, 0.25) is 5.02 Å². The molecule has 9 heteroatoms. The molecule has 26 heavy (non-hydrogen) atoms. The number of amides is 2. The minimum Gasteiger partial charge on any atom is -0.384 e. The van der Waals surface area contributed by atoms with Gasteiger partial charge < -0.3 is 5.73 Å². The summed E-state index contributed by atoms with van der Waals surface area (Å²) < 4.78 is 2.72. The van der Waals surface area contributed by atoms with Gasteiger partial charge in [0.15, 0.2) is 0 Å². The van der Waals surface area contributed by atoms with Crippen LogP contribution in [0, 0.1) is 6.92 Å². The highest BCUT2D eigenvalue weighted by Gasteiger charge is 2.32. The zero-order valence-corrected chi connectivity index (χ0v) is 14.2. The first-order valence-electron chi connectivity index (χ1n) is 7.59. The predicted molar refractivity (Wildman–Crippen MR) is 95.1 cm³/mol. The number of fused-ring (bicyclic) bond motifs is 1. The van der Waals surface area contributed by atoms with Gasteiger partial charge in [0.2, 0.25) is 0 Å². The van der Waals surface area contributed by atoms with E-state index in [1.54, 1.807) is 35.3 Å². The third-order valence-corrected chi connectivity index (χ3v) is 4.33. The number of rotatable bonds is 2. The molecule has 0 bridgehead atoms. The molecule has 3 N–H and O–H groups in total. The summed E-state index contributed by atoms with van der Waals surface area (Å²) in [6, 6.07) is 5.98. The van der Waals surface area contributed by atoms with E-state index in [2.05, 4.69) is 10.4 Å². The number of hydrogen-bond acceptors (Lipinski definition) is 5. The highest BCUT2D eigenvalue weighted by molar-refractivity contribution is 6.30. The number of nitrogens with zero attached hydrogens (tertiary/aromatic N) is 3. The van der Waals surface area contributed by atoms with Crippen molar-refractivity contribution in [1.82, 2.24) is 19.7 Å². The monoisotopic (exact) mass is 369 g/mol. The van der Waals surface area contributed by atoms with Crippen molar-refractivity contribution >= 4 is 29.2 Å². The number of imide groups is 1. The van der Waals surface area contributed by atoms with Crippen LogP contribution in [0.3, 0.4) is 0 Å². The van der Waals surface area contributed by atoms with E-state index < -0.39 is 17.4 Å². The molecular formula is C17H12ClN5O3. The molecule has 4 rings (SSSR count). The van der Waals surface area contributed by atoms with Gasteiger partial charge in [-0.05, 0) is 30.7 Å². The SMILES string of the molecule is Cc1cnn(-c2ccc(Cl)cc2-n2c(N)c3c(cc2=O)C(=O)NC3=O)c1. The molecule has 3 heterocycles. The van der Waals surface area contributed by atoms with Crippen LogP contribution in [-0.2, 0) is 0 Å². The molecule has 1 aromatic carbocycles. The number of nitrogens with one attached hydrogen (secondary N) is 1. The lowest BCUT2D eigenvalue weighted by molar-refractivity contribution is 0.0880. The quantitative estimate of drug-likeness (QED) is 0.664. The van der Waals surface area contributed by atoms with Crippen molar-refractivity contribution in [3.63, 3.8) is 0 Å². The maximum Gasteiger partial charge on any atom is 0.262 e. The van der Waals surface area contributed by atoms with E-state index in [-0.39, 0.29) is 16.9 Å². The molecule has 2 amide bonds. The summed E-state index contributed by atoms with van der Waals surface area (Å²) in [6.45, 7) is 1.88. The van der Waals surface area contributed by atoms with Crippen LogP contribution >= 0.6 is 11.6 Å². The standard InChI is InChI=1S/C17H12ClN5O3/c1-8-6-20-22(7-8)11-3-2-9(18)4-12(11)23-13(24)5-10-14(15(23)19)17(26)21-16(10)25/h2-7H,19H2,1H3,(H,21,25,26). The van der Waals surface area contributed by atoms with E-state index in [0.29, 0.717) is 16.4 Å². The van der Waals surface area contributed by atoms with Gasteiger partial charge in [0.05, 0.1) is 28.7 Å². The molecule has 0 spiro atoms. The topological polar surface area (TPSA) is 112 Å². The summed E-state index contributed by atoms with van der Waals surface area (Å²) in [5.74, 6) is -1.42. The van der Waals surface area contributed by atoms with Crippen molar-refractivity contribution in [2.45, 2.75) is 6.92 Å². The first-order valence-corrected chi connectivity index (χ1v) is 7.97. The number of carbonyl (C=O) groups excluding carboxylic acids is 2. The van der Waals surface area contributed by atoms with Gasteiger partial charge in [0.25, 0.3) is 17.4 Å². The minimum absolute atomic E-state index is 0.0304. The largest absolute Gasteiger partial charge is 0.384 e. The smallest absolute Gasteiger partial charge is 0.262 e. The summed E-state index contributed by atoms with van der Waals surface area (Å²) in [5, 5.41) is 6.76. The molecule has 3 aromatic rings. The van der Waals surface area contributed by atoms with Crippen molar-refractivity contribution in [3.8, 4) is 11.4 Å². The van der Waals surface area contributed by atoms with Gasteiger partial charge in [-0.1, -0.05) is 11.6 Å². The van der Waals surface area contributed by atoms with Gasteiger partial charge in [-0.2, -0.15) is 5.10 Å². The molecule has 130 valence electrons. The number of pyridine rings is 1. The highest BCUT2D eigenvalue weighted by atomic mass is 35.5. The first-order chi connectivity index (χ1) is 12.4. The molecule has 8 nitrogen and oxygen atoms in total. The van der Waals surface area contributed by atoms with Crippen molar-refractivity contribution < 1.29 is 9.59 Å². The van der Waals surface area contributed by atoms with Gasteiger partial charge in [-0.3, -0.25) is 24.3 Å². The van der Waals surface area contributed by atoms with Gasteiger partial charge in [-0.15, -0.1) is 0 Å². The van der Waals surface area contributed by atoms with Gasteiger partial charge >= 0.3 is 0 Å². The normalized spacial score (nSPS) is 13.0. The summed E-state index contributed by atoms with van der Waals surface area (Å²) in [7, 11) is 0. The predicted octanol–water partition coefficient (Wildman–Crippen LogP) is 1.45. The van der Waals surface area contributed by atoms with E-state index in [0.717, 1.165) is 16.2 Å². The fourth-order valence-electron chi connectivity index (χ4n) is 2.94. The molecule has 0 aliphatic carbocycles. The van der Waals surface area contributed by atoms with E-state index in [1.165, 1.54) is 0 Å². The number of aromatic nitrogens is 3.